The van der Waals surface area contributed by atoms with E-state index < -0.39 is 18.3 Å². The number of fused-ring (bicyclic) bond motifs is 1. The molecular weight excluding hydrogens is 556 g/mol. The van der Waals surface area contributed by atoms with E-state index in [9.17, 15) is 14.7 Å². The van der Waals surface area contributed by atoms with Crippen LogP contribution in [0.3, 0.4) is 0 Å². The first kappa shape index (κ1) is 32.5. The molecule has 4 rings (SSSR count). The molecule has 43 heavy (non-hydrogen) atoms. The lowest BCUT2D eigenvalue weighted by Crippen LogP contribution is -2.54. The fourth-order valence-corrected chi connectivity index (χ4v) is 5.56. The average molecular weight is 601 g/mol. The Morgan fingerprint density at radius 2 is 1.72 bits per heavy atom. The zero-order valence-corrected chi connectivity index (χ0v) is 25.2. The van der Waals surface area contributed by atoms with Gasteiger partial charge in [-0.1, -0.05) is 18.2 Å². The first-order valence-electron chi connectivity index (χ1n) is 14.9. The van der Waals surface area contributed by atoms with Crippen molar-refractivity contribution in [3.05, 3.63) is 53.6 Å². The van der Waals surface area contributed by atoms with Gasteiger partial charge in [0, 0.05) is 52.7 Å². The third kappa shape index (κ3) is 9.30. The molecule has 2 heterocycles. The average Bonchev–Trinajstić information content (AvgIpc) is 3.02. The number of amides is 1. The Balaban J connectivity index is 1.53. The highest BCUT2D eigenvalue weighted by Gasteiger charge is 2.41. The third-order valence-electron chi connectivity index (χ3n) is 7.69. The summed E-state index contributed by atoms with van der Waals surface area (Å²) in [4.78, 5) is 26.7. The quantitative estimate of drug-likeness (QED) is 0.211. The monoisotopic (exact) mass is 600 g/mol. The van der Waals surface area contributed by atoms with Crippen LogP contribution in [0.25, 0.3) is 0 Å². The van der Waals surface area contributed by atoms with E-state index in [2.05, 4.69) is 11.0 Å². The number of anilines is 1. The Hall–Kier alpha value is -3.38. The van der Waals surface area contributed by atoms with Gasteiger partial charge in [0.25, 0.3) is 0 Å². The van der Waals surface area contributed by atoms with Crippen LogP contribution < -0.4 is 14.4 Å². The largest absolute Gasteiger partial charge is 0.494 e. The lowest BCUT2D eigenvalue weighted by atomic mass is 9.84. The van der Waals surface area contributed by atoms with Crippen molar-refractivity contribution in [3.63, 3.8) is 0 Å². The normalized spacial score (nSPS) is 19.9. The molecule has 11 heteroatoms. The summed E-state index contributed by atoms with van der Waals surface area (Å²) >= 11 is 0. The summed E-state index contributed by atoms with van der Waals surface area (Å²) in [6.07, 6.45) is 0.722. The summed E-state index contributed by atoms with van der Waals surface area (Å²) in [5.74, 6) is 1.33. The van der Waals surface area contributed by atoms with Crippen LogP contribution in [0.5, 0.6) is 11.5 Å². The smallest absolute Gasteiger partial charge is 0.407 e. The summed E-state index contributed by atoms with van der Waals surface area (Å²) < 4.78 is 34.7. The van der Waals surface area contributed by atoms with Gasteiger partial charge in [0.15, 0.2) is 0 Å². The van der Waals surface area contributed by atoms with Gasteiger partial charge in [0.2, 0.25) is 0 Å². The highest BCUT2D eigenvalue weighted by molar-refractivity contribution is 5.65. The molecule has 0 aromatic heterocycles. The summed E-state index contributed by atoms with van der Waals surface area (Å²) in [5, 5.41) is 9.90. The maximum Gasteiger partial charge on any atom is 0.407 e. The first-order chi connectivity index (χ1) is 21.0. The van der Waals surface area contributed by atoms with Crippen LogP contribution in [0.1, 0.15) is 36.3 Å². The number of carbonyl (C=O) groups excluding carboxylic acids is 1. The number of benzene rings is 2. The number of nitrogens with zero attached hydrogens (tertiary/aromatic N) is 2. The van der Waals surface area contributed by atoms with Crippen molar-refractivity contribution in [1.29, 1.82) is 0 Å². The molecule has 1 N–H and O–H groups in total. The molecule has 2 aliphatic rings. The van der Waals surface area contributed by atoms with E-state index in [4.69, 9.17) is 28.4 Å². The van der Waals surface area contributed by atoms with E-state index in [-0.39, 0.29) is 38.6 Å². The number of carbonyl (C=O) groups is 2. The summed E-state index contributed by atoms with van der Waals surface area (Å²) in [5.41, 5.74) is 2.94. The van der Waals surface area contributed by atoms with Gasteiger partial charge >= 0.3 is 6.09 Å². The molecule has 2 aromatic rings. The van der Waals surface area contributed by atoms with Gasteiger partial charge in [-0.25, -0.2) is 4.79 Å². The Morgan fingerprint density at radius 1 is 0.977 bits per heavy atom. The van der Waals surface area contributed by atoms with E-state index in [1.54, 1.807) is 14.2 Å². The number of likely N-dealkylation sites (tertiary alicyclic amines) is 1. The van der Waals surface area contributed by atoms with E-state index in [1.165, 1.54) is 4.90 Å². The zero-order valence-electron chi connectivity index (χ0n) is 25.2. The highest BCUT2D eigenvalue weighted by atomic mass is 16.5. The lowest BCUT2D eigenvalue weighted by molar-refractivity contribution is -0.112. The second-order valence-electron chi connectivity index (χ2n) is 10.7. The van der Waals surface area contributed by atoms with Crippen molar-refractivity contribution in [3.8, 4) is 11.5 Å². The Bertz CT molecular complexity index is 1150. The molecule has 0 saturated carbocycles. The molecule has 1 saturated heterocycles. The number of rotatable bonds is 17. The minimum atomic E-state index is -1.03. The Kier molecular flexibility index (Phi) is 12.9. The number of hydrogen-bond acceptors (Lipinski definition) is 9. The molecule has 3 atom stereocenters. The fourth-order valence-electron chi connectivity index (χ4n) is 5.56. The third-order valence-corrected chi connectivity index (χ3v) is 7.69. The predicted molar refractivity (Wildman–Crippen MR) is 160 cm³/mol. The fraction of sp³-hybridized carbons (Fsp3) is 0.562. The van der Waals surface area contributed by atoms with Gasteiger partial charge < -0.3 is 48.1 Å². The topological polar surface area (TPSA) is 116 Å². The second-order valence-corrected chi connectivity index (χ2v) is 10.7. The van der Waals surface area contributed by atoms with Crippen molar-refractivity contribution in [2.75, 3.05) is 78.3 Å². The molecule has 1 fully saturated rings. The Morgan fingerprint density at radius 3 is 2.44 bits per heavy atom. The van der Waals surface area contributed by atoms with E-state index in [0.29, 0.717) is 26.4 Å². The number of piperidine rings is 1. The summed E-state index contributed by atoms with van der Waals surface area (Å²) in [7, 11) is 3.37. The second kappa shape index (κ2) is 17.0. The van der Waals surface area contributed by atoms with E-state index >= 15 is 0 Å². The highest BCUT2D eigenvalue weighted by Crippen LogP contribution is 2.36. The lowest BCUT2D eigenvalue weighted by Gasteiger charge is -2.42. The molecule has 236 valence electrons. The van der Waals surface area contributed by atoms with Crippen molar-refractivity contribution in [2.45, 2.75) is 44.0 Å². The van der Waals surface area contributed by atoms with Crippen LogP contribution in [-0.2, 0) is 30.3 Å². The zero-order chi connectivity index (χ0) is 30.4. The summed E-state index contributed by atoms with van der Waals surface area (Å²) in [6.45, 7) is 5.02. The summed E-state index contributed by atoms with van der Waals surface area (Å²) in [6, 6.07) is 13.8. The maximum absolute atomic E-state index is 12.1. The SMILES string of the molecule is COCCCOc1ccc([C@@H]2[C@@H](OCc3ccc4c(c3)N(CCCOC)CCO4)CN(C(=O)O)C[C@H]2OCCC=O)cc1. The molecule has 0 aliphatic carbocycles. The molecule has 2 aromatic carbocycles. The molecule has 0 unspecified atom stereocenters. The number of aldehydes is 1. The molecule has 11 nitrogen and oxygen atoms in total. The molecule has 1 amide bonds. The van der Waals surface area contributed by atoms with Crippen LogP contribution in [0.2, 0.25) is 0 Å². The van der Waals surface area contributed by atoms with Crippen LogP contribution >= 0.6 is 0 Å². The molecule has 2 aliphatic heterocycles. The van der Waals surface area contributed by atoms with Crippen molar-refractivity contribution < 1.29 is 43.1 Å². The minimum Gasteiger partial charge on any atom is -0.494 e. The number of carboxylic acid groups (broad SMARTS) is 1. The van der Waals surface area contributed by atoms with Crippen molar-refractivity contribution in [1.82, 2.24) is 4.90 Å². The number of methoxy groups -OCH3 is 2. The number of ether oxygens (including phenoxy) is 6. The molecule has 0 spiro atoms. The van der Waals surface area contributed by atoms with Gasteiger partial charge in [-0.2, -0.15) is 0 Å². The van der Waals surface area contributed by atoms with Gasteiger partial charge in [-0.05, 0) is 41.8 Å². The maximum atomic E-state index is 12.1. The molecular formula is C32H44N2O9. The van der Waals surface area contributed by atoms with E-state index in [0.717, 1.165) is 60.5 Å². The van der Waals surface area contributed by atoms with Gasteiger partial charge in [-0.3, -0.25) is 0 Å². The van der Waals surface area contributed by atoms with Crippen LogP contribution in [0.4, 0.5) is 10.5 Å². The molecule has 0 radical (unpaired) electrons. The van der Waals surface area contributed by atoms with Gasteiger partial charge in [0.05, 0.1) is 57.4 Å². The number of hydrogen-bond donors (Lipinski definition) is 1. The van der Waals surface area contributed by atoms with E-state index in [1.807, 2.05) is 36.4 Å². The Labute approximate surface area is 253 Å². The van der Waals surface area contributed by atoms with Gasteiger partial charge in [0.1, 0.15) is 24.4 Å². The van der Waals surface area contributed by atoms with Crippen LogP contribution in [-0.4, -0.2) is 108 Å². The predicted octanol–water partition coefficient (Wildman–Crippen LogP) is 3.97. The van der Waals surface area contributed by atoms with Gasteiger partial charge in [-0.15, -0.1) is 0 Å². The standard InChI is InChI=1S/C32H44N2O9/c1-38-15-3-12-33-13-19-42-28-11-6-24(20-27(28)33)23-43-30-22-34(32(36)37)21-29(41-17-4-14-35)31(30)25-7-9-26(10-8-25)40-18-5-16-39-2/h6-11,14,20,29-31H,3-5,12-13,15-19,21-23H2,1-2H3,(H,36,37)/t29-,30+,31+/m1/s1. The van der Waals surface area contributed by atoms with Crippen molar-refractivity contribution >= 4 is 18.1 Å². The minimum absolute atomic E-state index is 0.181. The van der Waals surface area contributed by atoms with Crippen LogP contribution in [0, 0.1) is 0 Å². The molecule has 0 bridgehead atoms. The van der Waals surface area contributed by atoms with Crippen LogP contribution in [0.15, 0.2) is 42.5 Å². The van der Waals surface area contributed by atoms with Crippen molar-refractivity contribution in [2.24, 2.45) is 0 Å². The first-order valence-corrected chi connectivity index (χ1v) is 14.9.